The highest BCUT2D eigenvalue weighted by Crippen LogP contribution is 2.34. The number of carboxylic acids is 1. The van der Waals surface area contributed by atoms with Crippen molar-refractivity contribution in [3.8, 4) is 17.0 Å². The number of rotatable bonds is 9. The Morgan fingerprint density at radius 3 is 2.46 bits per heavy atom. The molecule has 3 aromatic carbocycles. The molecular formula is C30H30N4O5. The summed E-state index contributed by atoms with van der Waals surface area (Å²) < 4.78 is 7.02. The number of para-hydroxylation sites is 2. The van der Waals surface area contributed by atoms with Crippen LogP contribution in [0.1, 0.15) is 36.0 Å². The summed E-state index contributed by atoms with van der Waals surface area (Å²) in [6.07, 6.45) is 3.19. The molecule has 0 bridgehead atoms. The summed E-state index contributed by atoms with van der Waals surface area (Å²) >= 11 is 0. The van der Waals surface area contributed by atoms with Crippen molar-refractivity contribution in [2.24, 2.45) is 0 Å². The van der Waals surface area contributed by atoms with E-state index in [1.165, 1.54) is 17.9 Å². The first-order chi connectivity index (χ1) is 18.8. The van der Waals surface area contributed by atoms with Crippen molar-refractivity contribution in [3.05, 3.63) is 106 Å². The first-order valence-electron chi connectivity index (χ1n) is 12.4. The average molecular weight is 527 g/mol. The van der Waals surface area contributed by atoms with Gasteiger partial charge in [-0.3, -0.25) is 9.59 Å². The van der Waals surface area contributed by atoms with Crippen molar-refractivity contribution in [2.45, 2.75) is 32.7 Å². The summed E-state index contributed by atoms with van der Waals surface area (Å²) in [4.78, 5) is 41.8. The third-order valence-corrected chi connectivity index (χ3v) is 6.43. The van der Waals surface area contributed by atoms with Crippen LogP contribution in [-0.4, -0.2) is 33.8 Å². The van der Waals surface area contributed by atoms with E-state index in [4.69, 9.17) is 9.84 Å². The smallest absolute Gasteiger partial charge is 0.323 e. The van der Waals surface area contributed by atoms with E-state index in [0.717, 1.165) is 16.7 Å². The highest BCUT2D eigenvalue weighted by atomic mass is 16.5. The molecule has 0 fully saturated rings. The summed E-state index contributed by atoms with van der Waals surface area (Å²) in [5.41, 5.74) is 3.93. The van der Waals surface area contributed by atoms with Gasteiger partial charge in [0.05, 0.1) is 25.8 Å². The van der Waals surface area contributed by atoms with Gasteiger partial charge in [0.2, 0.25) is 0 Å². The second-order valence-corrected chi connectivity index (χ2v) is 9.23. The minimum atomic E-state index is -0.846. The number of amides is 2. The van der Waals surface area contributed by atoms with Gasteiger partial charge in [0.1, 0.15) is 11.4 Å². The number of benzene rings is 3. The molecule has 0 aliphatic carbocycles. The maximum atomic E-state index is 13.5. The fourth-order valence-corrected chi connectivity index (χ4v) is 4.29. The van der Waals surface area contributed by atoms with Crippen molar-refractivity contribution >= 4 is 23.4 Å². The van der Waals surface area contributed by atoms with Crippen molar-refractivity contribution in [1.29, 1.82) is 0 Å². The number of carbonyl (C=O) groups is 2. The fourth-order valence-electron chi connectivity index (χ4n) is 4.29. The molecule has 0 radical (unpaired) electrons. The maximum Gasteiger partial charge on any atom is 0.323 e. The zero-order chi connectivity index (χ0) is 27.9. The van der Waals surface area contributed by atoms with E-state index >= 15 is 0 Å². The van der Waals surface area contributed by atoms with Crippen LogP contribution >= 0.6 is 0 Å². The van der Waals surface area contributed by atoms with Gasteiger partial charge in [-0.25, -0.2) is 9.78 Å². The van der Waals surface area contributed by atoms with Crippen LogP contribution in [0.25, 0.3) is 11.3 Å². The molecule has 9 heteroatoms. The van der Waals surface area contributed by atoms with Crippen molar-refractivity contribution in [1.82, 2.24) is 9.55 Å². The molecule has 39 heavy (non-hydrogen) atoms. The fraction of sp³-hybridized carbons (Fsp3) is 0.200. The van der Waals surface area contributed by atoms with Crippen LogP contribution in [0.5, 0.6) is 5.75 Å². The van der Waals surface area contributed by atoms with Gasteiger partial charge in [0.25, 0.3) is 5.56 Å². The highest BCUT2D eigenvalue weighted by molar-refractivity contribution is 6.03. The van der Waals surface area contributed by atoms with Crippen LogP contribution in [0.3, 0.4) is 0 Å². The van der Waals surface area contributed by atoms with E-state index in [9.17, 15) is 14.4 Å². The number of nitrogens with one attached hydrogen (secondary N) is 2. The summed E-state index contributed by atoms with van der Waals surface area (Å²) in [5, 5.41) is 14.7. The number of aromatic nitrogens is 2. The summed E-state index contributed by atoms with van der Waals surface area (Å²) in [7, 11) is 1.49. The zero-order valence-corrected chi connectivity index (χ0v) is 22.0. The lowest BCUT2D eigenvalue weighted by molar-refractivity contribution is -0.137. The molecule has 1 atom stereocenters. The molecule has 2 amide bonds. The van der Waals surface area contributed by atoms with Crippen LogP contribution in [0.2, 0.25) is 0 Å². The lowest BCUT2D eigenvalue weighted by Crippen LogP contribution is -2.24. The Morgan fingerprint density at radius 1 is 1.03 bits per heavy atom. The predicted octanol–water partition coefficient (Wildman–Crippen LogP) is 5.50. The SMILES string of the molecule is COc1cccc(-c2nccn(Cc3ccc([C@H](C)CC(=O)O)cc3)c2=O)c1NC(=O)Nc1ccccc1C. The molecule has 9 nitrogen and oxygen atoms in total. The molecule has 4 aromatic rings. The monoisotopic (exact) mass is 526 g/mol. The van der Waals surface area contributed by atoms with E-state index in [0.29, 0.717) is 29.2 Å². The van der Waals surface area contributed by atoms with Gasteiger partial charge < -0.3 is 25.0 Å². The molecule has 0 spiro atoms. The number of carboxylic acid groups (broad SMARTS) is 1. The average Bonchev–Trinajstić information content (AvgIpc) is 2.91. The van der Waals surface area contributed by atoms with Crippen LogP contribution in [0.4, 0.5) is 16.2 Å². The van der Waals surface area contributed by atoms with Gasteiger partial charge in [-0.2, -0.15) is 0 Å². The number of hydrogen-bond acceptors (Lipinski definition) is 5. The number of hydrogen-bond donors (Lipinski definition) is 3. The zero-order valence-electron chi connectivity index (χ0n) is 22.0. The lowest BCUT2D eigenvalue weighted by Gasteiger charge is -2.16. The van der Waals surface area contributed by atoms with E-state index in [1.54, 1.807) is 30.5 Å². The molecule has 200 valence electrons. The molecule has 1 heterocycles. The molecule has 0 unspecified atom stereocenters. The molecular weight excluding hydrogens is 496 g/mol. The van der Waals surface area contributed by atoms with Crippen molar-refractivity contribution in [3.63, 3.8) is 0 Å². The lowest BCUT2D eigenvalue weighted by atomic mass is 9.97. The van der Waals surface area contributed by atoms with Crippen LogP contribution in [-0.2, 0) is 11.3 Å². The summed E-state index contributed by atoms with van der Waals surface area (Å²) in [6.45, 7) is 4.05. The maximum absolute atomic E-state index is 13.5. The number of aliphatic carboxylic acids is 1. The minimum Gasteiger partial charge on any atom is -0.495 e. The van der Waals surface area contributed by atoms with E-state index in [1.807, 2.05) is 56.3 Å². The standard InChI is InChI=1S/C30H30N4O5/c1-19-7-4-5-9-24(19)32-30(38)33-27-23(8-6-10-25(27)39-3)28-29(37)34(16-15-31-28)18-21-11-13-22(14-12-21)20(2)17-26(35)36/h4-16,20H,17-18H2,1-3H3,(H,35,36)(H2,32,33,38)/t20-/m1/s1. The van der Waals surface area contributed by atoms with Crippen molar-refractivity contribution in [2.75, 3.05) is 17.7 Å². The molecule has 0 aliphatic rings. The number of methoxy groups -OCH3 is 1. The Labute approximate surface area is 226 Å². The van der Waals surface area contributed by atoms with Crippen LogP contribution < -0.4 is 20.9 Å². The number of urea groups is 1. The van der Waals surface area contributed by atoms with Crippen LogP contribution in [0.15, 0.2) is 83.9 Å². The van der Waals surface area contributed by atoms with Gasteiger partial charge in [0.15, 0.2) is 0 Å². The molecule has 0 saturated heterocycles. The highest BCUT2D eigenvalue weighted by Gasteiger charge is 2.19. The first kappa shape index (κ1) is 27.1. The molecule has 3 N–H and O–H groups in total. The molecule has 0 saturated carbocycles. The number of aryl methyl sites for hydroxylation is 1. The Morgan fingerprint density at radius 2 is 1.77 bits per heavy atom. The number of anilines is 2. The van der Waals surface area contributed by atoms with E-state index in [-0.39, 0.29) is 23.6 Å². The van der Waals surface area contributed by atoms with E-state index < -0.39 is 12.0 Å². The minimum absolute atomic E-state index is 0.0480. The summed E-state index contributed by atoms with van der Waals surface area (Å²) in [5.74, 6) is -0.578. The molecule has 4 rings (SSSR count). The Kier molecular flexibility index (Phi) is 8.40. The third kappa shape index (κ3) is 6.51. The van der Waals surface area contributed by atoms with Gasteiger partial charge >= 0.3 is 12.0 Å². The third-order valence-electron chi connectivity index (χ3n) is 6.43. The van der Waals surface area contributed by atoms with Gasteiger partial charge in [-0.05, 0) is 41.7 Å². The second-order valence-electron chi connectivity index (χ2n) is 9.23. The first-order valence-corrected chi connectivity index (χ1v) is 12.4. The predicted molar refractivity (Wildman–Crippen MR) is 151 cm³/mol. The van der Waals surface area contributed by atoms with Crippen LogP contribution in [0, 0.1) is 6.92 Å². The quantitative estimate of drug-likeness (QED) is 0.265. The Balaban J connectivity index is 1.61. The van der Waals surface area contributed by atoms with E-state index in [2.05, 4.69) is 15.6 Å². The largest absolute Gasteiger partial charge is 0.495 e. The Bertz CT molecular complexity index is 1550. The molecule has 1 aromatic heterocycles. The van der Waals surface area contributed by atoms with Crippen molar-refractivity contribution < 1.29 is 19.4 Å². The molecule has 0 aliphatic heterocycles. The second kappa shape index (κ2) is 12.1. The topological polar surface area (TPSA) is 123 Å². The number of nitrogens with zero attached hydrogens (tertiary/aromatic N) is 2. The van der Waals surface area contributed by atoms with Gasteiger partial charge in [0, 0.05) is 23.6 Å². The Hall–Kier alpha value is -4.92. The van der Waals surface area contributed by atoms with Gasteiger partial charge in [-0.1, -0.05) is 61.5 Å². The number of ether oxygens (including phenoxy) is 1. The summed E-state index contributed by atoms with van der Waals surface area (Å²) in [6, 6.07) is 19.6. The number of carbonyl (C=O) groups excluding carboxylic acids is 1. The van der Waals surface area contributed by atoms with Gasteiger partial charge in [-0.15, -0.1) is 0 Å². The normalized spacial score (nSPS) is 11.5.